The van der Waals surface area contributed by atoms with Crippen molar-refractivity contribution in [2.75, 3.05) is 0 Å². The fourth-order valence-electron chi connectivity index (χ4n) is 3.18. The van der Waals surface area contributed by atoms with E-state index in [-0.39, 0.29) is 5.56 Å². The van der Waals surface area contributed by atoms with Gasteiger partial charge in [0.25, 0.3) is 5.56 Å². The molecule has 0 atom stereocenters. The predicted molar refractivity (Wildman–Crippen MR) is 99.9 cm³/mol. The van der Waals surface area contributed by atoms with Crippen molar-refractivity contribution < 1.29 is 0 Å². The Bertz CT molecular complexity index is 1070. The van der Waals surface area contributed by atoms with Crippen molar-refractivity contribution in [2.24, 2.45) is 5.92 Å². The van der Waals surface area contributed by atoms with Gasteiger partial charge in [-0.15, -0.1) is 11.3 Å². The molecule has 0 saturated heterocycles. The van der Waals surface area contributed by atoms with Crippen molar-refractivity contribution >= 4 is 32.5 Å². The number of aromatic nitrogens is 3. The zero-order valence-corrected chi connectivity index (χ0v) is 14.5. The predicted octanol–water partition coefficient (Wildman–Crippen LogP) is 4.26. The maximum Gasteiger partial charge on any atom is 0.259 e. The lowest BCUT2D eigenvalue weighted by Gasteiger charge is -2.04. The van der Waals surface area contributed by atoms with E-state index in [9.17, 15) is 4.79 Å². The van der Waals surface area contributed by atoms with Crippen LogP contribution in [0.4, 0.5) is 0 Å². The summed E-state index contributed by atoms with van der Waals surface area (Å²) in [5.74, 6) is 1.24. The van der Waals surface area contributed by atoms with Gasteiger partial charge in [-0.05, 0) is 34.9 Å². The van der Waals surface area contributed by atoms with Crippen LogP contribution in [-0.2, 0) is 12.8 Å². The van der Waals surface area contributed by atoms with E-state index in [0.717, 1.165) is 39.1 Å². The maximum absolute atomic E-state index is 12.6. The molecule has 3 heterocycles. The lowest BCUT2D eigenvalue weighted by Crippen LogP contribution is -2.12. The Hall–Kier alpha value is -2.40. The van der Waals surface area contributed by atoms with Crippen molar-refractivity contribution in [3.63, 3.8) is 0 Å². The molecular weight excluding hydrogens is 318 g/mol. The summed E-state index contributed by atoms with van der Waals surface area (Å²) in [5, 5.41) is 4.01. The molecule has 0 aliphatic heterocycles. The molecule has 0 radical (unpaired) electrons. The highest BCUT2D eigenvalue weighted by Gasteiger charge is 2.13. The molecule has 24 heavy (non-hydrogen) atoms. The van der Waals surface area contributed by atoms with Gasteiger partial charge in [0.2, 0.25) is 0 Å². The van der Waals surface area contributed by atoms with Crippen molar-refractivity contribution in [3.05, 3.63) is 63.1 Å². The fraction of sp³-hybridized carbons (Fsp3) is 0.263. The van der Waals surface area contributed by atoms with Crippen molar-refractivity contribution in [1.29, 1.82) is 0 Å². The lowest BCUT2D eigenvalue weighted by atomic mass is 10.0. The molecule has 5 heteroatoms. The van der Waals surface area contributed by atoms with Crippen molar-refractivity contribution in [1.82, 2.24) is 15.0 Å². The first-order valence-corrected chi connectivity index (χ1v) is 9.04. The molecule has 4 rings (SSSR count). The topological polar surface area (TPSA) is 61.5 Å². The smallest absolute Gasteiger partial charge is 0.259 e. The average molecular weight is 337 g/mol. The molecule has 0 saturated carbocycles. The van der Waals surface area contributed by atoms with Crippen LogP contribution in [0.15, 0.2) is 40.6 Å². The molecule has 1 aromatic carbocycles. The van der Waals surface area contributed by atoms with Crippen LogP contribution in [0.5, 0.6) is 0 Å². The number of benzene rings is 1. The number of nitrogens with zero attached hydrogens (tertiary/aromatic N) is 1. The Kier molecular flexibility index (Phi) is 3.73. The zero-order valence-electron chi connectivity index (χ0n) is 13.7. The number of aromatic amines is 2. The minimum atomic E-state index is -0.0215. The molecule has 0 aliphatic carbocycles. The first-order valence-electron chi connectivity index (χ1n) is 8.16. The van der Waals surface area contributed by atoms with Crippen LogP contribution in [0, 0.1) is 5.92 Å². The Balaban J connectivity index is 1.74. The Morgan fingerprint density at radius 3 is 2.88 bits per heavy atom. The Labute approximate surface area is 143 Å². The standard InChI is InChI=1S/C19H19N3OS/c1-11(2)7-13-10-24-19-17(13)18(23)21-16(22-19)8-12-9-20-15-6-4-3-5-14(12)15/h3-6,9-11,20H,7-8H2,1-2H3,(H,21,22,23). The number of hydrogen-bond acceptors (Lipinski definition) is 3. The number of rotatable bonds is 4. The van der Waals surface area contributed by atoms with Crippen molar-refractivity contribution in [2.45, 2.75) is 26.7 Å². The van der Waals surface area contributed by atoms with Gasteiger partial charge in [-0.3, -0.25) is 4.79 Å². The molecule has 4 aromatic rings. The second-order valence-corrected chi connectivity index (χ2v) is 7.45. The number of para-hydroxylation sites is 1. The zero-order chi connectivity index (χ0) is 16.7. The van der Waals surface area contributed by atoms with Gasteiger partial charge in [-0.2, -0.15) is 0 Å². The van der Waals surface area contributed by atoms with E-state index < -0.39 is 0 Å². The van der Waals surface area contributed by atoms with Crippen molar-refractivity contribution in [3.8, 4) is 0 Å². The van der Waals surface area contributed by atoms with E-state index in [4.69, 9.17) is 4.98 Å². The summed E-state index contributed by atoms with van der Waals surface area (Å²) in [6.45, 7) is 4.33. The molecule has 0 unspecified atom stereocenters. The summed E-state index contributed by atoms with van der Waals surface area (Å²) in [6.07, 6.45) is 3.52. The van der Waals surface area contributed by atoms with Gasteiger partial charge in [0.15, 0.2) is 0 Å². The summed E-state index contributed by atoms with van der Waals surface area (Å²) in [7, 11) is 0. The molecule has 0 amide bonds. The minimum absolute atomic E-state index is 0.0215. The van der Waals surface area contributed by atoms with Crippen LogP contribution >= 0.6 is 11.3 Å². The summed E-state index contributed by atoms with van der Waals surface area (Å²) in [6, 6.07) is 8.17. The number of thiophene rings is 1. The molecular formula is C19H19N3OS. The summed E-state index contributed by atoms with van der Waals surface area (Å²) in [4.78, 5) is 24.3. The van der Waals surface area contributed by atoms with Crippen LogP contribution < -0.4 is 5.56 Å². The number of fused-ring (bicyclic) bond motifs is 2. The van der Waals surface area contributed by atoms with Gasteiger partial charge in [0, 0.05) is 23.5 Å². The summed E-state index contributed by atoms with van der Waals surface area (Å²) < 4.78 is 0. The summed E-state index contributed by atoms with van der Waals surface area (Å²) >= 11 is 1.56. The minimum Gasteiger partial charge on any atom is -0.361 e. The molecule has 122 valence electrons. The molecule has 0 bridgehead atoms. The first kappa shape index (κ1) is 15.1. The van der Waals surface area contributed by atoms with E-state index in [1.54, 1.807) is 11.3 Å². The monoisotopic (exact) mass is 337 g/mol. The number of nitrogens with one attached hydrogen (secondary N) is 2. The Morgan fingerprint density at radius 2 is 2.04 bits per heavy atom. The van der Waals surface area contributed by atoms with Crippen LogP contribution in [0.25, 0.3) is 21.1 Å². The van der Waals surface area contributed by atoms with Crippen LogP contribution in [0.1, 0.15) is 30.8 Å². The number of hydrogen-bond donors (Lipinski definition) is 2. The van der Waals surface area contributed by atoms with E-state index in [1.807, 2.05) is 18.3 Å². The summed E-state index contributed by atoms with van der Waals surface area (Å²) in [5.41, 5.74) is 3.34. The van der Waals surface area contributed by atoms with Gasteiger partial charge in [0.1, 0.15) is 10.7 Å². The van der Waals surface area contributed by atoms with Crippen LogP contribution in [0.3, 0.4) is 0 Å². The normalized spacial score (nSPS) is 11.8. The van der Waals surface area contributed by atoms with E-state index in [2.05, 4.69) is 41.3 Å². The highest BCUT2D eigenvalue weighted by molar-refractivity contribution is 7.16. The van der Waals surface area contributed by atoms with Gasteiger partial charge >= 0.3 is 0 Å². The second kappa shape index (κ2) is 5.91. The maximum atomic E-state index is 12.6. The quantitative estimate of drug-likeness (QED) is 0.584. The average Bonchev–Trinajstić information content (AvgIpc) is 3.12. The van der Waals surface area contributed by atoms with Crippen LogP contribution in [0.2, 0.25) is 0 Å². The van der Waals surface area contributed by atoms with E-state index >= 15 is 0 Å². The van der Waals surface area contributed by atoms with Gasteiger partial charge in [0.05, 0.1) is 5.39 Å². The highest BCUT2D eigenvalue weighted by atomic mass is 32.1. The van der Waals surface area contributed by atoms with Gasteiger partial charge in [-0.1, -0.05) is 32.0 Å². The van der Waals surface area contributed by atoms with E-state index in [0.29, 0.717) is 12.3 Å². The van der Waals surface area contributed by atoms with E-state index in [1.165, 1.54) is 5.39 Å². The lowest BCUT2D eigenvalue weighted by molar-refractivity contribution is 0.651. The SMILES string of the molecule is CC(C)Cc1csc2nc(Cc3c[nH]c4ccccc34)[nH]c(=O)c12. The fourth-order valence-corrected chi connectivity index (χ4v) is 4.16. The first-order chi connectivity index (χ1) is 11.6. The number of H-pyrrole nitrogens is 2. The molecule has 0 aliphatic rings. The van der Waals surface area contributed by atoms with Crippen LogP contribution in [-0.4, -0.2) is 15.0 Å². The highest BCUT2D eigenvalue weighted by Crippen LogP contribution is 2.25. The third-order valence-electron chi connectivity index (χ3n) is 4.23. The Morgan fingerprint density at radius 1 is 1.21 bits per heavy atom. The van der Waals surface area contributed by atoms with Gasteiger partial charge in [-0.25, -0.2) is 4.98 Å². The second-order valence-electron chi connectivity index (χ2n) is 6.59. The molecule has 2 N–H and O–H groups in total. The third kappa shape index (κ3) is 2.65. The van der Waals surface area contributed by atoms with Gasteiger partial charge < -0.3 is 9.97 Å². The molecule has 3 aromatic heterocycles. The molecule has 0 spiro atoms. The molecule has 4 nitrogen and oxygen atoms in total. The third-order valence-corrected chi connectivity index (χ3v) is 5.15. The molecule has 0 fully saturated rings. The largest absolute Gasteiger partial charge is 0.361 e.